The van der Waals surface area contributed by atoms with E-state index in [4.69, 9.17) is 0 Å². The lowest BCUT2D eigenvalue weighted by molar-refractivity contribution is -0.715. The Kier molecular flexibility index (Phi) is 5.40. The van der Waals surface area contributed by atoms with Crippen LogP contribution in [0, 0.1) is 18.8 Å². The van der Waals surface area contributed by atoms with Crippen molar-refractivity contribution in [3.8, 4) is 0 Å². The minimum atomic E-state index is -0.0386. The van der Waals surface area contributed by atoms with Crippen LogP contribution in [-0.4, -0.2) is 18.0 Å². The Bertz CT molecular complexity index is 486. The van der Waals surface area contributed by atoms with Gasteiger partial charge in [-0.2, -0.15) is 0 Å². The third-order valence-corrected chi connectivity index (χ3v) is 5.00. The van der Waals surface area contributed by atoms with Crippen LogP contribution in [0.3, 0.4) is 0 Å². The summed E-state index contributed by atoms with van der Waals surface area (Å²) in [4.78, 5) is 12.3. The van der Waals surface area contributed by atoms with E-state index in [-0.39, 0.29) is 11.9 Å². The summed E-state index contributed by atoms with van der Waals surface area (Å²) in [5.41, 5.74) is 2.06. The lowest BCUT2D eigenvalue weighted by Crippen LogP contribution is -2.97. The minimum Gasteiger partial charge on any atom is -0.334 e. The van der Waals surface area contributed by atoms with Gasteiger partial charge in [-0.15, -0.1) is 0 Å². The topological polar surface area (TPSA) is 45.7 Å². The monoisotopic (exact) mass is 289 g/mol. The van der Waals surface area contributed by atoms with E-state index >= 15 is 0 Å². The zero-order valence-electron chi connectivity index (χ0n) is 13.7. The Morgan fingerprint density at radius 3 is 2.81 bits per heavy atom. The molecule has 2 rings (SSSR count). The summed E-state index contributed by atoms with van der Waals surface area (Å²) in [6, 6.07) is 8.51. The molecule has 1 aliphatic rings. The van der Waals surface area contributed by atoms with Crippen LogP contribution >= 0.6 is 0 Å². The van der Waals surface area contributed by atoms with Gasteiger partial charge in [-0.25, -0.2) is 0 Å². The number of hydrogen-bond donors (Lipinski definition) is 2. The van der Waals surface area contributed by atoms with Crippen molar-refractivity contribution in [1.29, 1.82) is 0 Å². The Balaban J connectivity index is 1.90. The van der Waals surface area contributed by atoms with Crippen molar-refractivity contribution >= 4 is 11.6 Å². The average molecular weight is 289 g/mol. The summed E-state index contributed by atoms with van der Waals surface area (Å²) in [6.07, 6.45) is 3.85. The quantitative estimate of drug-likeness (QED) is 0.879. The number of benzene rings is 1. The van der Waals surface area contributed by atoms with E-state index in [1.165, 1.54) is 24.8 Å². The van der Waals surface area contributed by atoms with Gasteiger partial charge in [-0.05, 0) is 56.7 Å². The average Bonchev–Trinajstić information content (AvgIpc) is 2.44. The van der Waals surface area contributed by atoms with Gasteiger partial charge in [0.15, 0.2) is 6.04 Å². The van der Waals surface area contributed by atoms with Crippen molar-refractivity contribution < 1.29 is 10.1 Å². The summed E-state index contributed by atoms with van der Waals surface area (Å²) in [5.74, 6) is 1.56. The maximum atomic E-state index is 12.3. The van der Waals surface area contributed by atoms with E-state index in [1.807, 2.05) is 38.1 Å². The smallest absolute Gasteiger partial charge is 0.282 e. The van der Waals surface area contributed by atoms with Crippen LogP contribution in [-0.2, 0) is 4.79 Å². The Hall–Kier alpha value is -1.35. The number of carbonyl (C=O) groups is 1. The van der Waals surface area contributed by atoms with E-state index in [9.17, 15) is 4.79 Å². The van der Waals surface area contributed by atoms with Crippen LogP contribution in [0.15, 0.2) is 24.3 Å². The van der Waals surface area contributed by atoms with Gasteiger partial charge in [0.25, 0.3) is 5.91 Å². The molecule has 1 saturated carbocycles. The fourth-order valence-corrected chi connectivity index (χ4v) is 3.33. The van der Waals surface area contributed by atoms with Gasteiger partial charge in [0, 0.05) is 11.6 Å². The van der Waals surface area contributed by atoms with Crippen molar-refractivity contribution in [1.82, 2.24) is 0 Å². The summed E-state index contributed by atoms with van der Waals surface area (Å²) in [5, 5.41) is 5.30. The van der Waals surface area contributed by atoms with Gasteiger partial charge in [-0.3, -0.25) is 4.79 Å². The van der Waals surface area contributed by atoms with E-state index < -0.39 is 0 Å². The molecule has 3 nitrogen and oxygen atoms in total. The van der Waals surface area contributed by atoms with Gasteiger partial charge in [0.05, 0.1) is 6.04 Å². The van der Waals surface area contributed by atoms with Gasteiger partial charge >= 0.3 is 0 Å². The van der Waals surface area contributed by atoms with Crippen LogP contribution in [0.5, 0.6) is 0 Å². The number of anilines is 1. The maximum absolute atomic E-state index is 12.3. The zero-order valence-corrected chi connectivity index (χ0v) is 13.7. The van der Waals surface area contributed by atoms with E-state index in [0.29, 0.717) is 12.0 Å². The highest BCUT2D eigenvalue weighted by atomic mass is 16.2. The van der Waals surface area contributed by atoms with Crippen molar-refractivity contribution in [3.05, 3.63) is 29.8 Å². The first-order valence-corrected chi connectivity index (χ1v) is 8.20. The molecule has 1 aliphatic carbocycles. The summed E-state index contributed by atoms with van der Waals surface area (Å²) >= 11 is 0. The number of hydrogen-bond acceptors (Lipinski definition) is 1. The zero-order chi connectivity index (χ0) is 15.4. The molecule has 0 heterocycles. The molecule has 0 bridgehead atoms. The first-order valence-electron chi connectivity index (χ1n) is 8.20. The van der Waals surface area contributed by atoms with Crippen LogP contribution in [0.4, 0.5) is 5.69 Å². The second-order valence-electron chi connectivity index (χ2n) is 6.77. The molecule has 4 atom stereocenters. The van der Waals surface area contributed by atoms with Gasteiger partial charge in [0.2, 0.25) is 0 Å². The largest absolute Gasteiger partial charge is 0.334 e. The van der Waals surface area contributed by atoms with Crippen molar-refractivity contribution in [2.75, 3.05) is 5.32 Å². The number of aryl methyl sites for hydroxylation is 1. The molecular formula is C18H29N2O+. The molecule has 116 valence electrons. The summed E-state index contributed by atoms with van der Waals surface area (Å²) < 4.78 is 0. The number of nitrogens with one attached hydrogen (secondary N) is 1. The molecule has 1 aromatic rings. The number of amides is 1. The third-order valence-electron chi connectivity index (χ3n) is 5.00. The van der Waals surface area contributed by atoms with Gasteiger partial charge in [0.1, 0.15) is 0 Å². The van der Waals surface area contributed by atoms with Gasteiger partial charge < -0.3 is 10.6 Å². The highest BCUT2D eigenvalue weighted by molar-refractivity contribution is 5.93. The fourth-order valence-electron chi connectivity index (χ4n) is 3.33. The fraction of sp³-hybridized carbons (Fsp3) is 0.611. The predicted molar refractivity (Wildman–Crippen MR) is 87.2 cm³/mol. The van der Waals surface area contributed by atoms with Crippen LogP contribution in [0.2, 0.25) is 0 Å². The molecule has 21 heavy (non-hydrogen) atoms. The second kappa shape index (κ2) is 7.08. The van der Waals surface area contributed by atoms with Gasteiger partial charge in [-0.1, -0.05) is 26.0 Å². The van der Waals surface area contributed by atoms with Crippen molar-refractivity contribution in [3.63, 3.8) is 0 Å². The highest BCUT2D eigenvalue weighted by Crippen LogP contribution is 2.27. The molecule has 1 amide bonds. The Labute approximate surface area is 128 Å². The molecule has 0 saturated heterocycles. The Morgan fingerprint density at radius 2 is 2.10 bits per heavy atom. The first-order chi connectivity index (χ1) is 9.97. The molecule has 0 aliphatic heterocycles. The molecule has 0 spiro atoms. The summed E-state index contributed by atoms with van der Waals surface area (Å²) in [6.45, 7) is 8.71. The first kappa shape index (κ1) is 16.0. The number of carbonyl (C=O) groups excluding carboxylic acids is 1. The third kappa shape index (κ3) is 4.31. The van der Waals surface area contributed by atoms with Crippen LogP contribution < -0.4 is 10.6 Å². The van der Waals surface area contributed by atoms with E-state index in [2.05, 4.69) is 24.5 Å². The minimum absolute atomic E-state index is 0.0386. The molecule has 1 fully saturated rings. The predicted octanol–water partition coefficient (Wildman–Crippen LogP) is 2.71. The standard InChI is InChI=1S/C18H28N2O/c1-12-7-5-9-16(11-12)20-18(21)15(4)19-17-10-6-8-13(2)14(17)3/h5,7,9,11,13-15,17,19H,6,8,10H2,1-4H3,(H,20,21)/p+1/t13-,14-,15-,17-/m0/s1. The van der Waals surface area contributed by atoms with Crippen LogP contribution in [0.25, 0.3) is 0 Å². The number of rotatable bonds is 4. The molecule has 0 aromatic heterocycles. The van der Waals surface area contributed by atoms with Crippen molar-refractivity contribution in [2.24, 2.45) is 11.8 Å². The number of nitrogens with two attached hydrogens (primary N) is 1. The lowest BCUT2D eigenvalue weighted by Gasteiger charge is -2.33. The second-order valence-corrected chi connectivity index (χ2v) is 6.77. The van der Waals surface area contributed by atoms with Crippen molar-refractivity contribution in [2.45, 2.75) is 59.0 Å². The number of quaternary nitrogens is 1. The maximum Gasteiger partial charge on any atom is 0.282 e. The molecule has 0 radical (unpaired) electrons. The van der Waals surface area contributed by atoms with Crippen LogP contribution in [0.1, 0.15) is 45.6 Å². The Morgan fingerprint density at radius 1 is 1.33 bits per heavy atom. The highest BCUT2D eigenvalue weighted by Gasteiger charge is 2.32. The summed E-state index contributed by atoms with van der Waals surface area (Å²) in [7, 11) is 0. The lowest BCUT2D eigenvalue weighted by atomic mass is 9.78. The normalized spacial score (nSPS) is 27.1. The molecule has 3 N–H and O–H groups in total. The molecule has 0 unspecified atom stereocenters. The molecular weight excluding hydrogens is 260 g/mol. The molecule has 1 aromatic carbocycles. The molecule has 3 heteroatoms. The SMILES string of the molecule is Cc1cccc(NC(=O)[C@H](C)[NH2+][C@H]2CCC[C@H](C)[C@@H]2C)c1. The van der Waals surface area contributed by atoms with E-state index in [1.54, 1.807) is 0 Å². The van der Waals surface area contributed by atoms with E-state index in [0.717, 1.165) is 11.6 Å².